The molecular formula is C17H12N2O5. The molecule has 0 saturated heterocycles. The molecule has 0 spiro atoms. The van der Waals surface area contributed by atoms with Crippen molar-refractivity contribution in [3.05, 3.63) is 54.1 Å². The summed E-state index contributed by atoms with van der Waals surface area (Å²) in [5, 5.41) is 4.00. The van der Waals surface area contributed by atoms with Crippen LogP contribution in [0.4, 0.5) is 5.69 Å². The molecule has 2 aromatic carbocycles. The number of carbonyl (C=O) groups is 4. The molecule has 0 unspecified atom stereocenters. The summed E-state index contributed by atoms with van der Waals surface area (Å²) in [6.45, 7) is 4.46. The Hall–Kier alpha value is -3.48. The maximum absolute atomic E-state index is 12.4. The van der Waals surface area contributed by atoms with Crippen molar-refractivity contribution in [1.29, 1.82) is 0 Å². The maximum Gasteiger partial charge on any atom is 0.356 e. The van der Waals surface area contributed by atoms with Gasteiger partial charge in [-0.05, 0) is 17.5 Å². The number of nitrogens with zero attached hydrogens (tertiary/aromatic N) is 1. The molecule has 1 heterocycles. The smallest absolute Gasteiger partial charge is 0.328 e. The summed E-state index contributed by atoms with van der Waals surface area (Å²) >= 11 is 0. The van der Waals surface area contributed by atoms with Crippen LogP contribution in [-0.2, 0) is 14.4 Å². The Morgan fingerprint density at radius 2 is 1.92 bits per heavy atom. The fourth-order valence-corrected chi connectivity index (χ4v) is 2.60. The Kier molecular flexibility index (Phi) is 3.61. The van der Waals surface area contributed by atoms with Gasteiger partial charge in [-0.25, -0.2) is 4.79 Å². The van der Waals surface area contributed by atoms with Gasteiger partial charge in [-0.15, -0.1) is 5.06 Å². The van der Waals surface area contributed by atoms with E-state index in [9.17, 15) is 19.2 Å². The van der Waals surface area contributed by atoms with Crippen LogP contribution in [0.1, 0.15) is 27.6 Å². The summed E-state index contributed by atoms with van der Waals surface area (Å²) in [7, 11) is 0. The van der Waals surface area contributed by atoms with E-state index in [-0.39, 0.29) is 11.3 Å². The van der Waals surface area contributed by atoms with Gasteiger partial charge in [-0.1, -0.05) is 24.8 Å². The second-order valence-corrected chi connectivity index (χ2v) is 5.07. The fourth-order valence-electron chi connectivity index (χ4n) is 2.60. The standard InChI is InChI=1S/C17H12N2O5/c1-3-13(21)24-19(9(2)20)12-8-7-10-5-4-6-11-14(10)15(12)17(23)18-16(11)22/h3-8H,1H2,2H3,(H,18,22,23). The van der Waals surface area contributed by atoms with Gasteiger partial charge in [0, 0.05) is 23.9 Å². The molecule has 3 rings (SSSR count). The zero-order chi connectivity index (χ0) is 17.4. The molecule has 2 aromatic rings. The van der Waals surface area contributed by atoms with E-state index in [1.165, 1.54) is 13.0 Å². The molecule has 0 aliphatic carbocycles. The van der Waals surface area contributed by atoms with Gasteiger partial charge in [0.1, 0.15) is 0 Å². The van der Waals surface area contributed by atoms with Crippen LogP contribution in [0.3, 0.4) is 0 Å². The van der Waals surface area contributed by atoms with Crippen molar-refractivity contribution in [3.8, 4) is 0 Å². The maximum atomic E-state index is 12.4. The van der Waals surface area contributed by atoms with Gasteiger partial charge in [0.2, 0.25) is 0 Å². The second kappa shape index (κ2) is 5.62. The van der Waals surface area contributed by atoms with Crippen molar-refractivity contribution >= 4 is 40.2 Å². The predicted octanol–water partition coefficient (Wildman–Crippen LogP) is 1.72. The molecule has 1 N–H and O–H groups in total. The van der Waals surface area contributed by atoms with Crippen molar-refractivity contribution in [1.82, 2.24) is 5.32 Å². The highest BCUT2D eigenvalue weighted by atomic mass is 16.7. The number of hydrogen-bond acceptors (Lipinski definition) is 5. The molecule has 120 valence electrons. The van der Waals surface area contributed by atoms with Crippen LogP contribution in [0.2, 0.25) is 0 Å². The molecule has 0 atom stereocenters. The Morgan fingerprint density at radius 3 is 2.58 bits per heavy atom. The number of benzene rings is 2. The molecule has 1 aliphatic rings. The van der Waals surface area contributed by atoms with Gasteiger partial charge in [0.25, 0.3) is 17.7 Å². The molecule has 0 bridgehead atoms. The molecule has 1 aliphatic heterocycles. The predicted molar refractivity (Wildman–Crippen MR) is 85.2 cm³/mol. The lowest BCUT2D eigenvalue weighted by Gasteiger charge is -2.25. The number of anilines is 1. The van der Waals surface area contributed by atoms with E-state index in [4.69, 9.17) is 4.84 Å². The van der Waals surface area contributed by atoms with Crippen molar-refractivity contribution in [2.75, 3.05) is 5.06 Å². The van der Waals surface area contributed by atoms with Gasteiger partial charge < -0.3 is 4.84 Å². The third-order valence-corrected chi connectivity index (χ3v) is 3.58. The third-order valence-electron chi connectivity index (χ3n) is 3.58. The minimum Gasteiger partial charge on any atom is -0.328 e. The molecule has 0 radical (unpaired) electrons. The first-order chi connectivity index (χ1) is 11.4. The van der Waals surface area contributed by atoms with Crippen molar-refractivity contribution in [2.45, 2.75) is 6.92 Å². The zero-order valence-electron chi connectivity index (χ0n) is 12.7. The Morgan fingerprint density at radius 1 is 1.17 bits per heavy atom. The summed E-state index contributed by atoms with van der Waals surface area (Å²) < 4.78 is 0. The van der Waals surface area contributed by atoms with Crippen LogP contribution in [0.5, 0.6) is 0 Å². The summed E-state index contributed by atoms with van der Waals surface area (Å²) in [5.74, 6) is -2.64. The van der Waals surface area contributed by atoms with E-state index < -0.39 is 23.7 Å². The number of amides is 3. The summed E-state index contributed by atoms with van der Waals surface area (Å²) in [6, 6.07) is 8.13. The molecule has 0 aromatic heterocycles. The number of rotatable bonds is 2. The lowest BCUT2D eigenvalue weighted by Crippen LogP contribution is -2.38. The lowest BCUT2D eigenvalue weighted by atomic mass is 9.94. The van der Waals surface area contributed by atoms with E-state index >= 15 is 0 Å². The molecule has 0 fully saturated rings. The van der Waals surface area contributed by atoms with Gasteiger partial charge in [0.05, 0.1) is 11.3 Å². The molecule has 24 heavy (non-hydrogen) atoms. The molecule has 7 nitrogen and oxygen atoms in total. The van der Waals surface area contributed by atoms with Crippen LogP contribution < -0.4 is 10.4 Å². The Bertz CT molecular complexity index is 932. The van der Waals surface area contributed by atoms with Gasteiger partial charge >= 0.3 is 5.97 Å². The van der Waals surface area contributed by atoms with E-state index in [0.29, 0.717) is 21.4 Å². The number of imide groups is 1. The topological polar surface area (TPSA) is 92.8 Å². The second-order valence-electron chi connectivity index (χ2n) is 5.07. The minimum absolute atomic E-state index is 0.0719. The minimum atomic E-state index is -0.849. The van der Waals surface area contributed by atoms with E-state index in [0.717, 1.165) is 6.08 Å². The third kappa shape index (κ3) is 2.32. The van der Waals surface area contributed by atoms with Crippen LogP contribution in [-0.4, -0.2) is 23.7 Å². The first-order valence-corrected chi connectivity index (χ1v) is 7.00. The SMILES string of the molecule is C=CC(=O)ON(C(C)=O)c1ccc2cccc3c2c1C(=O)NC3=O. The lowest BCUT2D eigenvalue weighted by molar-refractivity contribution is -0.145. The van der Waals surface area contributed by atoms with Crippen molar-refractivity contribution in [2.24, 2.45) is 0 Å². The van der Waals surface area contributed by atoms with Crippen LogP contribution >= 0.6 is 0 Å². The van der Waals surface area contributed by atoms with E-state index in [2.05, 4.69) is 11.9 Å². The monoisotopic (exact) mass is 324 g/mol. The number of hydrogen-bond donors (Lipinski definition) is 1. The number of hydroxylamine groups is 1. The highest BCUT2D eigenvalue weighted by Gasteiger charge is 2.31. The highest BCUT2D eigenvalue weighted by molar-refractivity contribution is 6.28. The van der Waals surface area contributed by atoms with Gasteiger partial charge in [0.15, 0.2) is 0 Å². The Balaban J connectivity index is 2.30. The molecule has 0 saturated carbocycles. The molecular weight excluding hydrogens is 312 g/mol. The van der Waals surface area contributed by atoms with E-state index in [1.807, 2.05) is 0 Å². The number of carbonyl (C=O) groups excluding carboxylic acids is 4. The van der Waals surface area contributed by atoms with Gasteiger partial charge in [-0.2, -0.15) is 0 Å². The normalized spacial score (nSPS) is 12.5. The quantitative estimate of drug-likeness (QED) is 0.516. The zero-order valence-corrected chi connectivity index (χ0v) is 12.7. The van der Waals surface area contributed by atoms with Crippen molar-refractivity contribution in [3.63, 3.8) is 0 Å². The highest BCUT2D eigenvalue weighted by Crippen LogP contribution is 2.34. The summed E-state index contributed by atoms with van der Waals surface area (Å²) in [5.41, 5.74) is 0.472. The van der Waals surface area contributed by atoms with Crippen LogP contribution in [0.25, 0.3) is 10.8 Å². The first kappa shape index (κ1) is 15.4. The summed E-state index contributed by atoms with van der Waals surface area (Å²) in [6.07, 6.45) is 0.900. The average Bonchev–Trinajstić information content (AvgIpc) is 2.56. The van der Waals surface area contributed by atoms with Crippen LogP contribution in [0.15, 0.2) is 43.0 Å². The van der Waals surface area contributed by atoms with Gasteiger partial charge in [-0.3, -0.25) is 19.7 Å². The summed E-state index contributed by atoms with van der Waals surface area (Å²) in [4.78, 5) is 52.7. The molecule has 3 amide bonds. The van der Waals surface area contributed by atoms with Crippen LogP contribution in [0, 0.1) is 0 Å². The largest absolute Gasteiger partial charge is 0.356 e. The van der Waals surface area contributed by atoms with E-state index in [1.54, 1.807) is 24.3 Å². The average molecular weight is 324 g/mol. The number of nitrogens with one attached hydrogen (secondary N) is 1. The van der Waals surface area contributed by atoms with Crippen molar-refractivity contribution < 1.29 is 24.0 Å². The fraction of sp³-hybridized carbons (Fsp3) is 0.0588. The Labute approximate surface area is 136 Å². The first-order valence-electron chi connectivity index (χ1n) is 7.00. The molecule has 7 heteroatoms.